The Labute approximate surface area is 114 Å². The molecule has 0 saturated carbocycles. The lowest BCUT2D eigenvalue weighted by Gasteiger charge is -2.00. The van der Waals surface area contributed by atoms with Crippen molar-refractivity contribution in [3.05, 3.63) is 58.3 Å². The first-order chi connectivity index (χ1) is 8.66. The van der Waals surface area contributed by atoms with Crippen molar-refractivity contribution in [1.29, 1.82) is 0 Å². The van der Waals surface area contributed by atoms with Crippen LogP contribution in [0.4, 0.5) is 0 Å². The zero-order valence-electron chi connectivity index (χ0n) is 10.3. The summed E-state index contributed by atoms with van der Waals surface area (Å²) in [6.45, 7) is 4.20. The molecule has 0 aliphatic carbocycles. The molecule has 0 fully saturated rings. The summed E-state index contributed by atoms with van der Waals surface area (Å²) in [6.07, 6.45) is 2.06. The summed E-state index contributed by atoms with van der Waals surface area (Å²) in [6, 6.07) is 12.4. The van der Waals surface area contributed by atoms with Gasteiger partial charge >= 0.3 is 0 Å². The molecule has 2 nitrogen and oxygen atoms in total. The molecule has 0 bridgehead atoms. The van der Waals surface area contributed by atoms with Gasteiger partial charge in [-0.25, -0.2) is 4.98 Å². The monoisotopic (exact) mass is 300 g/mol. The highest BCUT2D eigenvalue weighted by Gasteiger charge is 2.11. The van der Waals surface area contributed by atoms with Crippen LogP contribution in [0.3, 0.4) is 0 Å². The SMILES string of the molecule is Cc1cccn2c(C)c(-c3cccc(Br)c3)nc12. The quantitative estimate of drug-likeness (QED) is 0.652. The highest BCUT2D eigenvalue weighted by molar-refractivity contribution is 9.10. The molecule has 3 aromatic rings. The molecule has 1 aromatic carbocycles. The molecule has 0 amide bonds. The molecule has 2 heterocycles. The zero-order chi connectivity index (χ0) is 12.7. The minimum atomic E-state index is 1.03. The first-order valence-corrected chi connectivity index (χ1v) is 6.66. The lowest BCUT2D eigenvalue weighted by molar-refractivity contribution is 1.10. The topological polar surface area (TPSA) is 17.3 Å². The first kappa shape index (κ1) is 11.5. The molecule has 0 radical (unpaired) electrons. The van der Waals surface area contributed by atoms with Gasteiger partial charge in [-0.3, -0.25) is 0 Å². The van der Waals surface area contributed by atoms with Gasteiger partial charge in [0.05, 0.1) is 5.69 Å². The molecule has 0 unspecified atom stereocenters. The van der Waals surface area contributed by atoms with E-state index in [0.717, 1.165) is 21.4 Å². The van der Waals surface area contributed by atoms with E-state index in [9.17, 15) is 0 Å². The van der Waals surface area contributed by atoms with Crippen LogP contribution in [0.1, 0.15) is 11.3 Å². The number of hydrogen-bond acceptors (Lipinski definition) is 1. The second-order valence-electron chi connectivity index (χ2n) is 4.44. The molecule has 18 heavy (non-hydrogen) atoms. The van der Waals surface area contributed by atoms with Gasteiger partial charge in [-0.2, -0.15) is 0 Å². The number of aryl methyl sites for hydroxylation is 2. The summed E-state index contributed by atoms with van der Waals surface area (Å²) in [5.74, 6) is 0. The molecular formula is C15H13BrN2. The van der Waals surface area contributed by atoms with Crippen LogP contribution < -0.4 is 0 Å². The van der Waals surface area contributed by atoms with Gasteiger partial charge in [0.1, 0.15) is 5.65 Å². The van der Waals surface area contributed by atoms with Gasteiger partial charge in [-0.1, -0.05) is 34.1 Å². The van der Waals surface area contributed by atoms with Gasteiger partial charge in [0.2, 0.25) is 0 Å². The molecule has 0 aliphatic rings. The van der Waals surface area contributed by atoms with Crippen molar-refractivity contribution >= 4 is 21.6 Å². The van der Waals surface area contributed by atoms with E-state index < -0.39 is 0 Å². The van der Waals surface area contributed by atoms with Crippen LogP contribution in [-0.2, 0) is 0 Å². The third-order valence-corrected chi connectivity index (χ3v) is 3.68. The van der Waals surface area contributed by atoms with Crippen LogP contribution in [0.5, 0.6) is 0 Å². The molecule has 0 aliphatic heterocycles. The van der Waals surface area contributed by atoms with Crippen LogP contribution in [0.15, 0.2) is 47.1 Å². The minimum Gasteiger partial charge on any atom is -0.303 e. The smallest absolute Gasteiger partial charge is 0.140 e. The average Bonchev–Trinajstić information content (AvgIpc) is 2.69. The van der Waals surface area contributed by atoms with Crippen molar-refractivity contribution in [2.75, 3.05) is 0 Å². The Balaban J connectivity index is 2.30. The van der Waals surface area contributed by atoms with Crippen molar-refractivity contribution in [2.45, 2.75) is 13.8 Å². The van der Waals surface area contributed by atoms with Crippen LogP contribution in [-0.4, -0.2) is 9.38 Å². The summed E-state index contributed by atoms with van der Waals surface area (Å²) in [5, 5.41) is 0. The van der Waals surface area contributed by atoms with Crippen LogP contribution in [0.2, 0.25) is 0 Å². The summed E-state index contributed by atoms with van der Waals surface area (Å²) >= 11 is 3.51. The lowest BCUT2D eigenvalue weighted by Crippen LogP contribution is -1.88. The number of pyridine rings is 1. The van der Waals surface area contributed by atoms with Crippen LogP contribution >= 0.6 is 15.9 Å². The summed E-state index contributed by atoms with van der Waals surface area (Å²) in [7, 11) is 0. The third kappa shape index (κ3) is 1.75. The van der Waals surface area contributed by atoms with E-state index in [1.807, 2.05) is 12.1 Å². The van der Waals surface area contributed by atoms with Gasteiger partial charge in [-0.05, 0) is 37.6 Å². The average molecular weight is 301 g/mol. The Morgan fingerprint density at radius 3 is 2.67 bits per heavy atom. The molecular weight excluding hydrogens is 288 g/mol. The van der Waals surface area contributed by atoms with Crippen molar-refractivity contribution in [3.63, 3.8) is 0 Å². The summed E-state index contributed by atoms with van der Waals surface area (Å²) in [5.41, 5.74) is 5.59. The van der Waals surface area contributed by atoms with Gasteiger partial charge in [0.15, 0.2) is 0 Å². The maximum Gasteiger partial charge on any atom is 0.140 e. The number of imidazole rings is 1. The number of rotatable bonds is 1. The summed E-state index contributed by atoms with van der Waals surface area (Å²) in [4.78, 5) is 4.77. The highest BCUT2D eigenvalue weighted by atomic mass is 79.9. The third-order valence-electron chi connectivity index (χ3n) is 3.18. The Morgan fingerprint density at radius 1 is 1.11 bits per heavy atom. The number of benzene rings is 1. The fourth-order valence-electron chi connectivity index (χ4n) is 2.23. The van der Waals surface area contributed by atoms with Gasteiger partial charge in [-0.15, -0.1) is 0 Å². The van der Waals surface area contributed by atoms with Crippen molar-refractivity contribution in [3.8, 4) is 11.3 Å². The molecule has 0 saturated heterocycles. The maximum absolute atomic E-state index is 4.77. The first-order valence-electron chi connectivity index (χ1n) is 5.87. The zero-order valence-corrected chi connectivity index (χ0v) is 11.9. The predicted octanol–water partition coefficient (Wildman–Crippen LogP) is 4.38. The number of aromatic nitrogens is 2. The van der Waals surface area contributed by atoms with E-state index >= 15 is 0 Å². The minimum absolute atomic E-state index is 1.03. The van der Waals surface area contributed by atoms with Gasteiger partial charge in [0.25, 0.3) is 0 Å². The summed E-state index contributed by atoms with van der Waals surface area (Å²) < 4.78 is 3.22. The Kier molecular flexibility index (Phi) is 2.71. The number of halogens is 1. The molecule has 0 N–H and O–H groups in total. The Hall–Kier alpha value is -1.61. The second-order valence-corrected chi connectivity index (χ2v) is 5.36. The number of fused-ring (bicyclic) bond motifs is 1. The van der Waals surface area contributed by atoms with E-state index in [2.05, 4.69) is 64.6 Å². The van der Waals surface area contributed by atoms with E-state index in [-0.39, 0.29) is 0 Å². The fourth-order valence-corrected chi connectivity index (χ4v) is 2.63. The van der Waals surface area contributed by atoms with Crippen molar-refractivity contribution in [1.82, 2.24) is 9.38 Å². The van der Waals surface area contributed by atoms with Gasteiger partial charge < -0.3 is 4.40 Å². The fraction of sp³-hybridized carbons (Fsp3) is 0.133. The largest absolute Gasteiger partial charge is 0.303 e. The molecule has 90 valence electrons. The highest BCUT2D eigenvalue weighted by Crippen LogP contribution is 2.27. The van der Waals surface area contributed by atoms with Crippen molar-refractivity contribution < 1.29 is 0 Å². The normalized spacial score (nSPS) is 11.1. The molecule has 2 aromatic heterocycles. The lowest BCUT2D eigenvalue weighted by atomic mass is 10.1. The number of nitrogens with zero attached hydrogens (tertiary/aromatic N) is 2. The number of hydrogen-bond donors (Lipinski definition) is 0. The molecule has 3 heteroatoms. The van der Waals surface area contributed by atoms with Crippen LogP contribution in [0, 0.1) is 13.8 Å². The Bertz CT molecular complexity index is 728. The molecule has 3 rings (SSSR count). The van der Waals surface area contributed by atoms with E-state index in [4.69, 9.17) is 4.98 Å². The Morgan fingerprint density at radius 2 is 1.94 bits per heavy atom. The predicted molar refractivity (Wildman–Crippen MR) is 77.8 cm³/mol. The van der Waals surface area contributed by atoms with Crippen LogP contribution in [0.25, 0.3) is 16.9 Å². The van der Waals surface area contributed by atoms with E-state index in [1.54, 1.807) is 0 Å². The standard InChI is InChI=1S/C15H13BrN2/c1-10-5-4-8-18-11(2)14(17-15(10)18)12-6-3-7-13(16)9-12/h3-9H,1-2H3. The molecule has 0 atom stereocenters. The molecule has 0 spiro atoms. The maximum atomic E-state index is 4.77. The second kappa shape index (κ2) is 4.25. The van der Waals surface area contributed by atoms with E-state index in [0.29, 0.717) is 0 Å². The van der Waals surface area contributed by atoms with Gasteiger partial charge in [0, 0.05) is 21.9 Å². The van der Waals surface area contributed by atoms with E-state index in [1.165, 1.54) is 11.3 Å². The van der Waals surface area contributed by atoms with Crippen molar-refractivity contribution in [2.24, 2.45) is 0 Å².